The molecule has 1 aliphatic rings. The largest absolute Gasteiger partial charge is 0.497 e. The fourth-order valence-corrected chi connectivity index (χ4v) is 2.74. The van der Waals surface area contributed by atoms with Crippen LogP contribution in [0.3, 0.4) is 0 Å². The van der Waals surface area contributed by atoms with Crippen molar-refractivity contribution in [3.63, 3.8) is 0 Å². The molecule has 0 N–H and O–H groups in total. The average molecular weight is 368 g/mol. The maximum Gasteiger partial charge on any atom is 0.343 e. The minimum atomic E-state index is -0.451. The van der Waals surface area contributed by atoms with E-state index in [1.807, 2.05) is 0 Å². The van der Waals surface area contributed by atoms with Crippen molar-refractivity contribution >= 4 is 17.8 Å². The quantitative estimate of drug-likeness (QED) is 0.572. The van der Waals surface area contributed by atoms with Crippen LogP contribution in [0.4, 0.5) is 0 Å². The zero-order valence-corrected chi connectivity index (χ0v) is 15.6. The van der Waals surface area contributed by atoms with Gasteiger partial charge in [0.2, 0.25) is 0 Å². The van der Waals surface area contributed by atoms with Gasteiger partial charge < -0.3 is 23.7 Å². The average Bonchev–Trinajstić information content (AvgIpc) is 3.07. The van der Waals surface area contributed by atoms with Crippen LogP contribution in [-0.2, 0) is 9.53 Å². The van der Waals surface area contributed by atoms with Gasteiger partial charge in [0.1, 0.15) is 28.8 Å². The summed E-state index contributed by atoms with van der Waals surface area (Å²) in [6.07, 6.45) is 3.37. The number of carbonyl (C=O) groups is 1. The molecule has 0 saturated carbocycles. The van der Waals surface area contributed by atoms with Gasteiger partial charge in [0.05, 0.1) is 39.6 Å². The lowest BCUT2D eigenvalue weighted by Crippen LogP contribution is -1.99. The SMILES string of the molecule is COc1ccc(OC)c(C=C2C=C(c3ccc(OC)cc3OC)OC2=O)c1. The van der Waals surface area contributed by atoms with Gasteiger partial charge in [0, 0.05) is 11.6 Å². The lowest BCUT2D eigenvalue weighted by molar-refractivity contribution is -0.130. The molecular weight excluding hydrogens is 348 g/mol. The van der Waals surface area contributed by atoms with Gasteiger partial charge in [-0.3, -0.25) is 0 Å². The van der Waals surface area contributed by atoms with Crippen LogP contribution in [0.5, 0.6) is 23.0 Å². The summed E-state index contributed by atoms with van der Waals surface area (Å²) >= 11 is 0. The number of cyclic esters (lactones) is 1. The third kappa shape index (κ3) is 3.74. The lowest BCUT2D eigenvalue weighted by atomic mass is 10.1. The van der Waals surface area contributed by atoms with E-state index in [0.29, 0.717) is 45.5 Å². The van der Waals surface area contributed by atoms with Crippen LogP contribution in [0.15, 0.2) is 48.0 Å². The van der Waals surface area contributed by atoms with Crippen molar-refractivity contribution < 1.29 is 28.5 Å². The predicted molar refractivity (Wildman–Crippen MR) is 101 cm³/mol. The van der Waals surface area contributed by atoms with Crippen molar-refractivity contribution in [2.45, 2.75) is 0 Å². The molecule has 1 heterocycles. The molecule has 0 saturated heterocycles. The van der Waals surface area contributed by atoms with Crippen LogP contribution in [0, 0.1) is 0 Å². The second-order valence-corrected chi connectivity index (χ2v) is 5.67. The molecular formula is C21H20O6. The summed E-state index contributed by atoms with van der Waals surface area (Å²) in [6, 6.07) is 10.7. The van der Waals surface area contributed by atoms with E-state index in [1.54, 1.807) is 77.0 Å². The van der Waals surface area contributed by atoms with Gasteiger partial charge in [0.25, 0.3) is 0 Å². The maximum atomic E-state index is 12.4. The molecule has 0 atom stereocenters. The van der Waals surface area contributed by atoms with Crippen LogP contribution in [0.25, 0.3) is 11.8 Å². The number of ether oxygens (including phenoxy) is 5. The van der Waals surface area contributed by atoms with Gasteiger partial charge in [0.15, 0.2) is 0 Å². The molecule has 6 heteroatoms. The summed E-state index contributed by atoms with van der Waals surface area (Å²) in [4.78, 5) is 12.4. The molecule has 0 fully saturated rings. The van der Waals surface area contributed by atoms with Gasteiger partial charge in [-0.15, -0.1) is 0 Å². The summed E-state index contributed by atoms with van der Waals surface area (Å²) in [5.74, 6) is 2.45. The third-order valence-electron chi connectivity index (χ3n) is 4.15. The lowest BCUT2D eigenvalue weighted by Gasteiger charge is -2.10. The molecule has 27 heavy (non-hydrogen) atoms. The van der Waals surface area contributed by atoms with Gasteiger partial charge in [-0.2, -0.15) is 0 Å². The highest BCUT2D eigenvalue weighted by molar-refractivity contribution is 6.05. The molecule has 2 aromatic rings. The van der Waals surface area contributed by atoms with Crippen molar-refractivity contribution in [2.24, 2.45) is 0 Å². The van der Waals surface area contributed by atoms with Crippen LogP contribution >= 0.6 is 0 Å². The molecule has 6 nitrogen and oxygen atoms in total. The fraction of sp³-hybridized carbons (Fsp3) is 0.190. The number of benzene rings is 2. The second-order valence-electron chi connectivity index (χ2n) is 5.67. The Labute approximate surface area is 157 Å². The van der Waals surface area contributed by atoms with E-state index in [9.17, 15) is 4.79 Å². The highest BCUT2D eigenvalue weighted by Crippen LogP contribution is 2.36. The van der Waals surface area contributed by atoms with E-state index in [1.165, 1.54) is 0 Å². The number of methoxy groups -OCH3 is 4. The smallest absolute Gasteiger partial charge is 0.343 e. The Hall–Kier alpha value is -3.41. The predicted octanol–water partition coefficient (Wildman–Crippen LogP) is 3.70. The number of rotatable bonds is 6. The van der Waals surface area contributed by atoms with Gasteiger partial charge in [-0.1, -0.05) is 0 Å². The molecule has 0 radical (unpaired) electrons. The Bertz CT molecular complexity index is 926. The topological polar surface area (TPSA) is 63.2 Å². The summed E-state index contributed by atoms with van der Waals surface area (Å²) in [5.41, 5.74) is 1.77. The van der Waals surface area contributed by atoms with Crippen molar-refractivity contribution in [3.05, 3.63) is 59.2 Å². The summed E-state index contributed by atoms with van der Waals surface area (Å²) in [5, 5.41) is 0. The van der Waals surface area contributed by atoms with E-state index in [-0.39, 0.29) is 0 Å². The number of hydrogen-bond acceptors (Lipinski definition) is 6. The van der Waals surface area contributed by atoms with E-state index in [0.717, 1.165) is 0 Å². The molecule has 0 spiro atoms. The Morgan fingerprint density at radius 1 is 0.815 bits per heavy atom. The highest BCUT2D eigenvalue weighted by Gasteiger charge is 2.25. The maximum absolute atomic E-state index is 12.4. The summed E-state index contributed by atoms with van der Waals surface area (Å²) in [7, 11) is 6.27. The molecule has 0 aliphatic carbocycles. The first kappa shape index (κ1) is 18.4. The van der Waals surface area contributed by atoms with Crippen molar-refractivity contribution in [3.8, 4) is 23.0 Å². The van der Waals surface area contributed by atoms with Crippen LogP contribution in [-0.4, -0.2) is 34.4 Å². The number of esters is 1. The van der Waals surface area contributed by atoms with Crippen molar-refractivity contribution in [1.82, 2.24) is 0 Å². The van der Waals surface area contributed by atoms with Crippen molar-refractivity contribution in [1.29, 1.82) is 0 Å². The first-order chi connectivity index (χ1) is 13.1. The normalized spacial score (nSPS) is 14.6. The fourth-order valence-electron chi connectivity index (χ4n) is 2.74. The Morgan fingerprint density at radius 3 is 2.15 bits per heavy atom. The summed E-state index contributed by atoms with van der Waals surface area (Å²) < 4.78 is 26.6. The molecule has 140 valence electrons. The Balaban J connectivity index is 2.01. The Kier molecular flexibility index (Phi) is 5.35. The first-order valence-electron chi connectivity index (χ1n) is 8.19. The minimum absolute atomic E-state index is 0.398. The second kappa shape index (κ2) is 7.86. The number of carbonyl (C=O) groups excluding carboxylic acids is 1. The van der Waals surface area contributed by atoms with E-state index < -0.39 is 5.97 Å². The molecule has 3 rings (SSSR count). The van der Waals surface area contributed by atoms with Crippen LogP contribution in [0.2, 0.25) is 0 Å². The first-order valence-corrected chi connectivity index (χ1v) is 8.19. The molecule has 2 aromatic carbocycles. The van der Waals surface area contributed by atoms with E-state index in [2.05, 4.69) is 0 Å². The Morgan fingerprint density at radius 2 is 1.48 bits per heavy atom. The van der Waals surface area contributed by atoms with Crippen LogP contribution in [0.1, 0.15) is 11.1 Å². The zero-order valence-electron chi connectivity index (χ0n) is 15.6. The monoisotopic (exact) mass is 368 g/mol. The summed E-state index contributed by atoms with van der Waals surface area (Å²) in [6.45, 7) is 0. The molecule has 0 aromatic heterocycles. The molecule has 0 amide bonds. The standard InChI is InChI=1S/C21H20O6/c1-23-15-6-8-18(25-3)13(10-15)9-14-11-20(27-21(14)22)17-7-5-16(24-2)12-19(17)26-4/h5-12H,1-4H3. The van der Waals surface area contributed by atoms with Crippen LogP contribution < -0.4 is 18.9 Å². The van der Waals surface area contributed by atoms with Gasteiger partial charge >= 0.3 is 5.97 Å². The van der Waals surface area contributed by atoms with Gasteiger partial charge in [-0.05, 0) is 42.5 Å². The molecule has 0 unspecified atom stereocenters. The highest BCUT2D eigenvalue weighted by atomic mass is 16.5. The third-order valence-corrected chi connectivity index (χ3v) is 4.15. The van der Waals surface area contributed by atoms with Crippen molar-refractivity contribution in [2.75, 3.05) is 28.4 Å². The van der Waals surface area contributed by atoms with E-state index in [4.69, 9.17) is 23.7 Å². The zero-order chi connectivity index (χ0) is 19.4. The minimum Gasteiger partial charge on any atom is -0.497 e. The van der Waals surface area contributed by atoms with Gasteiger partial charge in [-0.25, -0.2) is 4.79 Å². The molecule has 1 aliphatic heterocycles. The van der Waals surface area contributed by atoms with E-state index >= 15 is 0 Å². The number of hydrogen-bond donors (Lipinski definition) is 0. The molecule has 0 bridgehead atoms.